The van der Waals surface area contributed by atoms with Crippen LogP contribution in [0.15, 0.2) is 59.6 Å². The quantitative estimate of drug-likeness (QED) is 0.440. The summed E-state index contributed by atoms with van der Waals surface area (Å²) in [5.74, 6) is 1.21. The Balaban J connectivity index is 1.25. The zero-order valence-corrected chi connectivity index (χ0v) is 19.9. The number of nitrogens with two attached hydrogens (primary N) is 1. The molecule has 4 rings (SSSR count). The molecule has 1 spiro atoms. The molecule has 1 heterocycles. The molecule has 1 saturated carbocycles. The molecule has 1 atom stereocenters. The van der Waals surface area contributed by atoms with Crippen LogP contribution in [0.5, 0.6) is 0 Å². The first-order chi connectivity index (χ1) is 15.2. The Labute approximate surface area is 193 Å². The Hall–Kier alpha value is -2.46. The van der Waals surface area contributed by atoms with Crippen LogP contribution in [0.4, 0.5) is 0 Å². The smallest absolute Gasteiger partial charge is 0.118 e. The summed E-state index contributed by atoms with van der Waals surface area (Å²) < 4.78 is 0. The van der Waals surface area contributed by atoms with Gasteiger partial charge in [-0.3, -0.25) is 4.99 Å². The predicted molar refractivity (Wildman–Crippen MR) is 137 cm³/mol. The van der Waals surface area contributed by atoms with Crippen LogP contribution in [0.3, 0.4) is 0 Å². The monoisotopic (exact) mass is 430 g/mol. The summed E-state index contributed by atoms with van der Waals surface area (Å²) in [6.45, 7) is 11.5. The fourth-order valence-electron chi connectivity index (χ4n) is 4.91. The summed E-state index contributed by atoms with van der Waals surface area (Å²) in [7, 11) is 0. The third kappa shape index (κ3) is 5.66. The van der Waals surface area contributed by atoms with Gasteiger partial charge in [0.05, 0.1) is 5.71 Å². The number of nitrogens with zero attached hydrogens (tertiary/aromatic N) is 2. The summed E-state index contributed by atoms with van der Waals surface area (Å²) in [5, 5.41) is 10.7. The van der Waals surface area contributed by atoms with E-state index in [-0.39, 0.29) is 0 Å². The van der Waals surface area contributed by atoms with Crippen LogP contribution in [0, 0.1) is 22.2 Å². The largest absolute Gasteiger partial charge is 0.384 e. The van der Waals surface area contributed by atoms with Crippen LogP contribution in [0.1, 0.15) is 52.0 Å². The first kappa shape index (κ1) is 22.7. The second-order valence-corrected chi connectivity index (χ2v) is 11.0. The maximum Gasteiger partial charge on any atom is 0.118 e. The van der Waals surface area contributed by atoms with E-state index in [0.29, 0.717) is 28.3 Å². The number of benzene rings is 2. The lowest BCUT2D eigenvalue weighted by Gasteiger charge is -2.34. The molecule has 0 amide bonds. The van der Waals surface area contributed by atoms with Gasteiger partial charge in [-0.05, 0) is 91.1 Å². The van der Waals surface area contributed by atoms with Crippen molar-refractivity contribution in [3.8, 4) is 0 Å². The maximum atomic E-state index is 8.37. The molecule has 1 aliphatic carbocycles. The van der Waals surface area contributed by atoms with Gasteiger partial charge in [-0.2, -0.15) is 0 Å². The molecule has 32 heavy (non-hydrogen) atoms. The van der Waals surface area contributed by atoms with E-state index in [0.717, 1.165) is 17.5 Å². The number of fused-ring (bicyclic) bond motifs is 1. The average molecular weight is 431 g/mol. The summed E-state index contributed by atoms with van der Waals surface area (Å²) in [4.78, 5) is 7.28. The lowest BCUT2D eigenvalue weighted by molar-refractivity contribution is 0.146. The van der Waals surface area contributed by atoms with Crippen LogP contribution >= 0.6 is 0 Å². The highest BCUT2D eigenvalue weighted by atomic mass is 15.1. The molecule has 0 bridgehead atoms. The molecular weight excluding hydrogens is 392 g/mol. The number of aliphatic imine (C=N–C) groups is 1. The second-order valence-electron chi connectivity index (χ2n) is 11.0. The van der Waals surface area contributed by atoms with Crippen molar-refractivity contribution in [2.45, 2.75) is 46.5 Å². The molecule has 2 aromatic carbocycles. The van der Waals surface area contributed by atoms with Crippen LogP contribution in [-0.4, -0.2) is 42.6 Å². The van der Waals surface area contributed by atoms with Gasteiger partial charge in [0.1, 0.15) is 5.84 Å². The minimum absolute atomic E-state index is 0.418. The molecule has 4 heteroatoms. The Morgan fingerprint density at radius 1 is 1.12 bits per heavy atom. The van der Waals surface area contributed by atoms with Crippen molar-refractivity contribution in [3.05, 3.63) is 60.2 Å². The highest BCUT2D eigenvalue weighted by Gasteiger charge is 2.54. The van der Waals surface area contributed by atoms with Crippen molar-refractivity contribution in [3.63, 3.8) is 0 Å². The Bertz CT molecular complexity index is 1020. The van der Waals surface area contributed by atoms with E-state index in [1.807, 2.05) is 18.2 Å². The van der Waals surface area contributed by atoms with E-state index in [1.54, 1.807) is 12.2 Å². The van der Waals surface area contributed by atoms with E-state index < -0.39 is 0 Å². The molecule has 4 nitrogen and oxygen atoms in total. The van der Waals surface area contributed by atoms with E-state index >= 15 is 0 Å². The number of rotatable bonds is 7. The van der Waals surface area contributed by atoms with E-state index in [2.05, 4.69) is 54.9 Å². The predicted octanol–water partition coefficient (Wildman–Crippen LogP) is 5.66. The number of amidine groups is 1. The number of piperidine rings is 1. The highest BCUT2D eigenvalue weighted by Crippen LogP contribution is 2.59. The van der Waals surface area contributed by atoms with Gasteiger partial charge in [0, 0.05) is 12.1 Å². The first-order valence-electron chi connectivity index (χ1n) is 12.0. The number of allylic oxidation sites excluding steroid dienone is 1. The molecule has 1 saturated heterocycles. The minimum atomic E-state index is 0.418. The van der Waals surface area contributed by atoms with Crippen molar-refractivity contribution in [2.75, 3.05) is 26.2 Å². The summed E-state index contributed by atoms with van der Waals surface area (Å²) in [6, 6.07) is 14.3. The summed E-state index contributed by atoms with van der Waals surface area (Å²) in [6.07, 6.45) is 8.72. The molecule has 2 aromatic rings. The van der Waals surface area contributed by atoms with Gasteiger partial charge >= 0.3 is 0 Å². The summed E-state index contributed by atoms with van der Waals surface area (Å²) >= 11 is 0. The second kappa shape index (κ2) is 9.19. The van der Waals surface area contributed by atoms with Crippen molar-refractivity contribution in [1.29, 1.82) is 5.41 Å². The third-order valence-electron chi connectivity index (χ3n) is 7.36. The highest BCUT2D eigenvalue weighted by molar-refractivity contribution is 6.11. The molecule has 0 aromatic heterocycles. The molecule has 170 valence electrons. The molecule has 1 unspecified atom stereocenters. The number of nitrogens with one attached hydrogen (secondary N) is 1. The number of hydrogen-bond donors (Lipinski definition) is 2. The fraction of sp³-hybridized carbons (Fsp3) is 0.500. The molecule has 3 N–H and O–H groups in total. The molecule has 2 fully saturated rings. The zero-order chi connectivity index (χ0) is 22.8. The molecule has 1 aliphatic heterocycles. The molecule has 2 aliphatic rings. The van der Waals surface area contributed by atoms with Crippen LogP contribution in [0.25, 0.3) is 10.8 Å². The van der Waals surface area contributed by atoms with Gasteiger partial charge in [-0.25, -0.2) is 0 Å². The van der Waals surface area contributed by atoms with Gasteiger partial charge in [0.15, 0.2) is 0 Å². The van der Waals surface area contributed by atoms with Crippen LogP contribution in [0.2, 0.25) is 0 Å². The number of likely N-dealkylation sites (tertiary alicyclic amines) is 1. The standard InChI is InChI=1S/C28H38N4/c1-27(2,3)12-15-32-16-13-28(14-17-32)19-24(28)20-31-26(30)11-10-25(29)23-9-8-21-6-4-5-7-22(21)18-23/h4-11,18,24,29H,12-17,19-20H2,1-3H3,(H2,30,31)/b11-10-,29-25?. The Morgan fingerprint density at radius 2 is 1.84 bits per heavy atom. The maximum absolute atomic E-state index is 8.37. The number of hydrogen-bond acceptors (Lipinski definition) is 3. The fourth-order valence-corrected chi connectivity index (χ4v) is 4.91. The van der Waals surface area contributed by atoms with Crippen molar-refractivity contribution in [1.82, 2.24) is 4.90 Å². The van der Waals surface area contributed by atoms with Gasteiger partial charge in [-0.15, -0.1) is 0 Å². The SMILES string of the molecule is CC(C)(C)CCN1CCC2(CC1)CC2CN=C(N)/C=C\C(=N)c1ccc2ccccc2c1. The molecular formula is C28H38N4. The minimum Gasteiger partial charge on any atom is -0.384 e. The van der Waals surface area contributed by atoms with Gasteiger partial charge in [0.2, 0.25) is 0 Å². The Morgan fingerprint density at radius 3 is 2.56 bits per heavy atom. The topological polar surface area (TPSA) is 65.5 Å². The van der Waals surface area contributed by atoms with Crippen LogP contribution < -0.4 is 5.73 Å². The lowest BCUT2D eigenvalue weighted by atomic mass is 9.88. The van der Waals surface area contributed by atoms with Crippen LogP contribution in [-0.2, 0) is 0 Å². The van der Waals surface area contributed by atoms with Gasteiger partial charge < -0.3 is 16.0 Å². The summed E-state index contributed by atoms with van der Waals surface area (Å²) in [5.41, 5.74) is 8.43. The third-order valence-corrected chi connectivity index (χ3v) is 7.36. The zero-order valence-electron chi connectivity index (χ0n) is 19.9. The Kier molecular flexibility index (Phi) is 6.52. The lowest BCUT2D eigenvalue weighted by Crippen LogP contribution is -2.37. The normalized spacial score (nSPS) is 21.5. The first-order valence-corrected chi connectivity index (χ1v) is 12.0. The van der Waals surface area contributed by atoms with Crippen molar-refractivity contribution < 1.29 is 0 Å². The van der Waals surface area contributed by atoms with Crippen molar-refractivity contribution >= 4 is 22.3 Å². The van der Waals surface area contributed by atoms with E-state index in [1.165, 1.54) is 50.7 Å². The van der Waals surface area contributed by atoms with Gasteiger partial charge in [0.25, 0.3) is 0 Å². The van der Waals surface area contributed by atoms with E-state index in [9.17, 15) is 0 Å². The van der Waals surface area contributed by atoms with E-state index in [4.69, 9.17) is 11.1 Å². The average Bonchev–Trinajstić information content (AvgIpc) is 3.46. The van der Waals surface area contributed by atoms with Crippen molar-refractivity contribution in [2.24, 2.45) is 27.5 Å². The van der Waals surface area contributed by atoms with Gasteiger partial charge in [-0.1, -0.05) is 57.2 Å². The molecule has 0 radical (unpaired) electrons.